The summed E-state index contributed by atoms with van der Waals surface area (Å²) in [5.74, 6) is 1.21. The number of rotatable bonds is 5. The maximum absolute atomic E-state index is 11.8. The zero-order valence-electron chi connectivity index (χ0n) is 11.7. The van der Waals surface area contributed by atoms with E-state index in [1.807, 2.05) is 11.8 Å². The Kier molecular flexibility index (Phi) is 6.29. The maximum Gasteiger partial charge on any atom is 0.315 e. The van der Waals surface area contributed by atoms with Crippen molar-refractivity contribution in [1.82, 2.24) is 10.6 Å². The van der Waals surface area contributed by atoms with Crippen molar-refractivity contribution in [2.45, 2.75) is 51.3 Å². The van der Waals surface area contributed by atoms with Gasteiger partial charge in [0, 0.05) is 24.4 Å². The molecule has 0 radical (unpaired) electrons. The number of thioether (sulfide) groups is 1. The minimum atomic E-state index is -0.115. The molecule has 106 valence electrons. The second-order valence-electron chi connectivity index (χ2n) is 5.92. The summed E-state index contributed by atoms with van der Waals surface area (Å²) in [5.41, 5.74) is -0.0395. The lowest BCUT2D eigenvalue weighted by Gasteiger charge is -2.31. The molecule has 1 rings (SSSR count). The van der Waals surface area contributed by atoms with Crippen LogP contribution in [0.2, 0.25) is 0 Å². The molecule has 4 nitrogen and oxygen atoms in total. The molecule has 1 aliphatic heterocycles. The number of aliphatic hydroxyl groups is 1. The Morgan fingerprint density at radius 1 is 1.50 bits per heavy atom. The molecule has 1 saturated heterocycles. The van der Waals surface area contributed by atoms with Gasteiger partial charge < -0.3 is 15.7 Å². The normalized spacial score (nSPS) is 21.7. The fourth-order valence-electron chi connectivity index (χ4n) is 2.07. The lowest BCUT2D eigenvalue weighted by Crippen LogP contribution is -2.49. The van der Waals surface area contributed by atoms with Crippen molar-refractivity contribution in [3.05, 3.63) is 0 Å². The lowest BCUT2D eigenvalue weighted by molar-refractivity contribution is 0.189. The summed E-state index contributed by atoms with van der Waals surface area (Å²) in [4.78, 5) is 11.8. The Labute approximate surface area is 114 Å². The van der Waals surface area contributed by atoms with Gasteiger partial charge in [-0.1, -0.05) is 20.8 Å². The van der Waals surface area contributed by atoms with Gasteiger partial charge in [-0.3, -0.25) is 0 Å². The van der Waals surface area contributed by atoms with Gasteiger partial charge in [0.05, 0.1) is 0 Å². The Morgan fingerprint density at radius 2 is 2.22 bits per heavy atom. The number of hydrogen-bond acceptors (Lipinski definition) is 3. The first kappa shape index (κ1) is 15.6. The molecule has 3 N–H and O–H groups in total. The van der Waals surface area contributed by atoms with E-state index >= 15 is 0 Å². The van der Waals surface area contributed by atoms with E-state index in [0.29, 0.717) is 11.7 Å². The van der Waals surface area contributed by atoms with Crippen LogP contribution in [0.4, 0.5) is 4.79 Å². The van der Waals surface area contributed by atoms with Crippen LogP contribution in [-0.2, 0) is 0 Å². The molecular formula is C13H26N2O2S. The Morgan fingerprint density at radius 3 is 2.72 bits per heavy atom. The number of aliphatic hydroxyl groups excluding tert-OH is 1. The van der Waals surface area contributed by atoms with Gasteiger partial charge in [-0.2, -0.15) is 11.8 Å². The SMILES string of the molecule is CC(C)(C)C(CCO)NC(=O)NCC1CCCS1. The molecule has 0 aromatic carbocycles. The molecule has 1 heterocycles. The summed E-state index contributed by atoms with van der Waals surface area (Å²) in [6.07, 6.45) is 3.05. The van der Waals surface area contributed by atoms with Gasteiger partial charge >= 0.3 is 6.03 Å². The first-order chi connectivity index (χ1) is 8.43. The Bertz CT molecular complexity index is 260. The van der Waals surface area contributed by atoms with E-state index in [2.05, 4.69) is 31.4 Å². The van der Waals surface area contributed by atoms with Crippen molar-refractivity contribution < 1.29 is 9.90 Å². The van der Waals surface area contributed by atoms with Crippen LogP contribution in [0.1, 0.15) is 40.0 Å². The quantitative estimate of drug-likeness (QED) is 0.718. The second kappa shape index (κ2) is 7.24. The van der Waals surface area contributed by atoms with Crippen LogP contribution in [0.15, 0.2) is 0 Å². The average molecular weight is 274 g/mol. The van der Waals surface area contributed by atoms with E-state index in [1.165, 1.54) is 18.6 Å². The van der Waals surface area contributed by atoms with Crippen LogP contribution in [0.5, 0.6) is 0 Å². The summed E-state index contributed by atoms with van der Waals surface area (Å²) in [7, 11) is 0. The number of nitrogens with one attached hydrogen (secondary N) is 2. The van der Waals surface area contributed by atoms with Crippen molar-refractivity contribution in [1.29, 1.82) is 0 Å². The largest absolute Gasteiger partial charge is 0.396 e. The average Bonchev–Trinajstić information content (AvgIpc) is 2.77. The molecule has 18 heavy (non-hydrogen) atoms. The first-order valence-electron chi connectivity index (χ1n) is 6.70. The maximum atomic E-state index is 11.8. The molecule has 0 bridgehead atoms. The van der Waals surface area contributed by atoms with E-state index in [4.69, 9.17) is 5.11 Å². The topological polar surface area (TPSA) is 61.4 Å². The second-order valence-corrected chi connectivity index (χ2v) is 7.33. The van der Waals surface area contributed by atoms with E-state index in [0.717, 1.165) is 6.54 Å². The fourth-order valence-corrected chi connectivity index (χ4v) is 3.27. The highest BCUT2D eigenvalue weighted by Crippen LogP contribution is 2.25. The molecule has 0 aromatic rings. The third-order valence-corrected chi connectivity index (χ3v) is 4.68. The van der Waals surface area contributed by atoms with Gasteiger partial charge in [-0.25, -0.2) is 4.79 Å². The molecular weight excluding hydrogens is 248 g/mol. The van der Waals surface area contributed by atoms with Crippen molar-refractivity contribution in [2.75, 3.05) is 18.9 Å². The minimum Gasteiger partial charge on any atom is -0.396 e. The zero-order chi connectivity index (χ0) is 13.6. The van der Waals surface area contributed by atoms with Gasteiger partial charge in [0.1, 0.15) is 0 Å². The molecule has 0 aromatic heterocycles. The number of hydrogen-bond donors (Lipinski definition) is 3. The molecule has 5 heteroatoms. The molecule has 0 spiro atoms. The van der Waals surface area contributed by atoms with Crippen molar-refractivity contribution >= 4 is 17.8 Å². The summed E-state index contributed by atoms with van der Waals surface area (Å²) >= 11 is 1.94. The predicted octanol–water partition coefficient (Wildman–Crippen LogP) is 1.98. The molecule has 0 saturated carbocycles. The third-order valence-electron chi connectivity index (χ3n) is 3.28. The molecule has 0 aliphatic carbocycles. The smallest absolute Gasteiger partial charge is 0.315 e. The summed E-state index contributed by atoms with van der Waals surface area (Å²) in [5, 5.41) is 15.5. The number of urea groups is 1. The third kappa shape index (κ3) is 5.48. The highest BCUT2D eigenvalue weighted by Gasteiger charge is 2.26. The number of amides is 2. The van der Waals surface area contributed by atoms with E-state index in [-0.39, 0.29) is 24.1 Å². The van der Waals surface area contributed by atoms with Crippen LogP contribution >= 0.6 is 11.8 Å². The molecule has 1 fully saturated rings. The predicted molar refractivity (Wildman–Crippen MR) is 77.0 cm³/mol. The van der Waals surface area contributed by atoms with Crippen molar-refractivity contribution in [3.8, 4) is 0 Å². The fraction of sp³-hybridized carbons (Fsp3) is 0.923. The van der Waals surface area contributed by atoms with Crippen LogP contribution in [0, 0.1) is 5.41 Å². The van der Waals surface area contributed by atoms with Gasteiger partial charge in [-0.15, -0.1) is 0 Å². The molecule has 2 unspecified atom stereocenters. The van der Waals surface area contributed by atoms with Crippen LogP contribution < -0.4 is 10.6 Å². The van der Waals surface area contributed by atoms with Crippen molar-refractivity contribution in [3.63, 3.8) is 0 Å². The molecule has 1 aliphatic rings. The number of carbonyl (C=O) groups excluding carboxylic acids is 1. The molecule has 2 amide bonds. The van der Waals surface area contributed by atoms with Gasteiger partial charge in [0.2, 0.25) is 0 Å². The van der Waals surface area contributed by atoms with Crippen LogP contribution in [0.25, 0.3) is 0 Å². The van der Waals surface area contributed by atoms with Gasteiger partial charge in [0.25, 0.3) is 0 Å². The van der Waals surface area contributed by atoms with E-state index in [9.17, 15) is 4.79 Å². The minimum absolute atomic E-state index is 0.00117. The Hall–Kier alpha value is -0.420. The number of carbonyl (C=O) groups is 1. The van der Waals surface area contributed by atoms with Gasteiger partial charge in [0.15, 0.2) is 0 Å². The summed E-state index contributed by atoms with van der Waals surface area (Å²) in [6.45, 7) is 7.05. The standard InChI is InChI=1S/C13H26N2O2S/c1-13(2,3)11(6-7-16)15-12(17)14-9-10-5-4-8-18-10/h10-11,16H,4-9H2,1-3H3,(H2,14,15,17). The van der Waals surface area contributed by atoms with Gasteiger partial charge in [-0.05, 0) is 30.4 Å². The van der Waals surface area contributed by atoms with E-state index in [1.54, 1.807) is 0 Å². The first-order valence-corrected chi connectivity index (χ1v) is 7.75. The molecule has 2 atom stereocenters. The summed E-state index contributed by atoms with van der Waals surface area (Å²) in [6, 6.07) is -0.116. The monoisotopic (exact) mass is 274 g/mol. The van der Waals surface area contributed by atoms with E-state index < -0.39 is 0 Å². The zero-order valence-corrected chi connectivity index (χ0v) is 12.5. The lowest BCUT2D eigenvalue weighted by atomic mass is 9.85. The van der Waals surface area contributed by atoms with Crippen LogP contribution in [-0.4, -0.2) is 41.3 Å². The van der Waals surface area contributed by atoms with Crippen molar-refractivity contribution in [2.24, 2.45) is 5.41 Å². The summed E-state index contributed by atoms with van der Waals surface area (Å²) < 4.78 is 0. The Balaban J connectivity index is 2.31. The highest BCUT2D eigenvalue weighted by atomic mass is 32.2. The highest BCUT2D eigenvalue weighted by molar-refractivity contribution is 8.00. The van der Waals surface area contributed by atoms with Crippen LogP contribution in [0.3, 0.4) is 0 Å².